The standard InChI is InChI=1S/C21H22ClFN2O/c22-20-12-17(23)7-6-16(20)14-24-8-10-25(11-9-24)21(26)19-13-18(19)15-4-2-1-3-5-15/h1-7,12,18-19H,8-11,13-14H2. The quantitative estimate of drug-likeness (QED) is 0.812. The average Bonchev–Trinajstić information content (AvgIpc) is 3.46. The van der Waals surface area contributed by atoms with Crippen molar-refractivity contribution in [2.75, 3.05) is 26.2 Å². The van der Waals surface area contributed by atoms with E-state index in [1.807, 2.05) is 23.1 Å². The minimum atomic E-state index is -0.313. The summed E-state index contributed by atoms with van der Waals surface area (Å²) in [5.41, 5.74) is 2.20. The van der Waals surface area contributed by atoms with Crippen molar-refractivity contribution in [2.45, 2.75) is 18.9 Å². The molecule has 0 aromatic heterocycles. The number of piperazine rings is 1. The number of carbonyl (C=O) groups is 1. The Hall–Kier alpha value is -1.91. The first-order valence-corrected chi connectivity index (χ1v) is 9.49. The molecule has 0 spiro atoms. The third kappa shape index (κ3) is 3.76. The molecule has 2 aromatic rings. The van der Waals surface area contributed by atoms with Gasteiger partial charge in [0.25, 0.3) is 0 Å². The van der Waals surface area contributed by atoms with Crippen LogP contribution in [0.25, 0.3) is 0 Å². The number of hydrogen-bond donors (Lipinski definition) is 0. The maximum absolute atomic E-state index is 13.2. The van der Waals surface area contributed by atoms with Crippen molar-refractivity contribution in [2.24, 2.45) is 5.92 Å². The lowest BCUT2D eigenvalue weighted by Gasteiger charge is -2.35. The topological polar surface area (TPSA) is 23.6 Å². The summed E-state index contributed by atoms with van der Waals surface area (Å²) in [4.78, 5) is 17.0. The minimum Gasteiger partial charge on any atom is -0.340 e. The number of nitrogens with zero attached hydrogens (tertiary/aromatic N) is 2. The van der Waals surface area contributed by atoms with Gasteiger partial charge in [0.15, 0.2) is 0 Å². The fourth-order valence-electron chi connectivity index (χ4n) is 3.79. The molecular weight excluding hydrogens is 351 g/mol. The van der Waals surface area contributed by atoms with Gasteiger partial charge in [-0.25, -0.2) is 4.39 Å². The summed E-state index contributed by atoms with van der Waals surface area (Å²) in [5.74, 6) is 0.514. The van der Waals surface area contributed by atoms with Crippen LogP contribution in [0.2, 0.25) is 5.02 Å². The van der Waals surface area contributed by atoms with Crippen LogP contribution in [-0.2, 0) is 11.3 Å². The summed E-state index contributed by atoms with van der Waals surface area (Å²) >= 11 is 6.12. The van der Waals surface area contributed by atoms with Crippen LogP contribution in [0.1, 0.15) is 23.5 Å². The molecule has 1 amide bonds. The number of rotatable bonds is 4. The normalized spacial score (nSPS) is 23.1. The molecule has 0 N–H and O–H groups in total. The first-order chi connectivity index (χ1) is 12.6. The molecular formula is C21H22ClFN2O. The lowest BCUT2D eigenvalue weighted by Crippen LogP contribution is -2.48. The Bertz CT molecular complexity index is 790. The summed E-state index contributed by atoms with van der Waals surface area (Å²) < 4.78 is 13.2. The Morgan fingerprint density at radius 3 is 2.50 bits per heavy atom. The summed E-state index contributed by atoms with van der Waals surface area (Å²) in [6.07, 6.45) is 0.967. The lowest BCUT2D eigenvalue weighted by molar-refractivity contribution is -0.134. The van der Waals surface area contributed by atoms with E-state index in [1.165, 1.54) is 17.7 Å². The molecule has 5 heteroatoms. The molecule has 2 fully saturated rings. The summed E-state index contributed by atoms with van der Waals surface area (Å²) in [7, 11) is 0. The Kier molecular flexibility index (Phi) is 4.96. The summed E-state index contributed by atoms with van der Waals surface area (Å²) in [6, 6.07) is 14.8. The van der Waals surface area contributed by atoms with Crippen LogP contribution in [0.3, 0.4) is 0 Å². The van der Waals surface area contributed by atoms with Gasteiger partial charge in [-0.15, -0.1) is 0 Å². The van der Waals surface area contributed by atoms with Crippen LogP contribution in [0.4, 0.5) is 4.39 Å². The molecule has 1 saturated heterocycles. The zero-order valence-electron chi connectivity index (χ0n) is 14.6. The summed E-state index contributed by atoms with van der Waals surface area (Å²) in [6.45, 7) is 3.83. The maximum Gasteiger partial charge on any atom is 0.226 e. The predicted octanol–water partition coefficient (Wildman–Crippen LogP) is 3.93. The van der Waals surface area contributed by atoms with Gasteiger partial charge in [0.05, 0.1) is 0 Å². The minimum absolute atomic E-state index is 0.149. The predicted molar refractivity (Wildman–Crippen MR) is 101 cm³/mol. The molecule has 2 aromatic carbocycles. The zero-order valence-corrected chi connectivity index (χ0v) is 15.3. The van der Waals surface area contributed by atoms with E-state index in [2.05, 4.69) is 17.0 Å². The third-order valence-electron chi connectivity index (χ3n) is 5.43. The number of benzene rings is 2. The third-order valence-corrected chi connectivity index (χ3v) is 5.78. The fraction of sp³-hybridized carbons (Fsp3) is 0.381. The van der Waals surface area contributed by atoms with Crippen LogP contribution in [-0.4, -0.2) is 41.9 Å². The van der Waals surface area contributed by atoms with Crippen molar-refractivity contribution in [1.29, 1.82) is 0 Å². The van der Waals surface area contributed by atoms with E-state index in [-0.39, 0.29) is 11.7 Å². The van der Waals surface area contributed by atoms with Gasteiger partial charge in [0.2, 0.25) is 5.91 Å². The Morgan fingerprint density at radius 2 is 1.81 bits per heavy atom. The highest BCUT2D eigenvalue weighted by atomic mass is 35.5. The van der Waals surface area contributed by atoms with Crippen LogP contribution >= 0.6 is 11.6 Å². The Balaban J connectivity index is 1.29. The fourth-order valence-corrected chi connectivity index (χ4v) is 4.02. The van der Waals surface area contributed by atoms with Gasteiger partial charge in [-0.1, -0.05) is 48.0 Å². The second kappa shape index (κ2) is 7.37. The lowest BCUT2D eigenvalue weighted by atomic mass is 10.1. The zero-order chi connectivity index (χ0) is 18.1. The first-order valence-electron chi connectivity index (χ1n) is 9.12. The molecule has 2 unspecified atom stereocenters. The van der Waals surface area contributed by atoms with Gasteiger partial charge >= 0.3 is 0 Å². The van der Waals surface area contributed by atoms with Crippen molar-refractivity contribution >= 4 is 17.5 Å². The molecule has 136 valence electrons. The molecule has 1 aliphatic carbocycles. The van der Waals surface area contributed by atoms with Crippen molar-refractivity contribution in [3.63, 3.8) is 0 Å². The van der Waals surface area contributed by atoms with Gasteiger partial charge in [-0.3, -0.25) is 9.69 Å². The van der Waals surface area contributed by atoms with Crippen LogP contribution < -0.4 is 0 Å². The molecule has 0 bridgehead atoms. The maximum atomic E-state index is 13.2. The van der Waals surface area contributed by atoms with Crippen molar-refractivity contribution < 1.29 is 9.18 Å². The molecule has 3 nitrogen and oxygen atoms in total. The molecule has 2 atom stereocenters. The van der Waals surface area contributed by atoms with Crippen molar-refractivity contribution in [3.05, 3.63) is 70.5 Å². The molecule has 1 saturated carbocycles. The van der Waals surface area contributed by atoms with E-state index in [0.29, 0.717) is 23.4 Å². The van der Waals surface area contributed by atoms with Crippen molar-refractivity contribution in [3.8, 4) is 0 Å². The number of amides is 1. The van der Waals surface area contributed by atoms with Gasteiger partial charge in [-0.2, -0.15) is 0 Å². The first kappa shape index (κ1) is 17.5. The highest BCUT2D eigenvalue weighted by Crippen LogP contribution is 2.48. The van der Waals surface area contributed by atoms with E-state index in [0.717, 1.165) is 38.2 Å². The molecule has 26 heavy (non-hydrogen) atoms. The number of halogens is 2. The smallest absolute Gasteiger partial charge is 0.226 e. The Morgan fingerprint density at radius 1 is 1.08 bits per heavy atom. The molecule has 1 heterocycles. The Labute approximate surface area is 158 Å². The monoisotopic (exact) mass is 372 g/mol. The van der Waals surface area contributed by atoms with Crippen molar-refractivity contribution in [1.82, 2.24) is 9.80 Å². The van der Waals surface area contributed by atoms with Gasteiger partial charge in [0.1, 0.15) is 5.82 Å². The molecule has 2 aliphatic rings. The second-order valence-corrected chi connectivity index (χ2v) is 7.60. The number of hydrogen-bond acceptors (Lipinski definition) is 2. The molecule has 0 radical (unpaired) electrons. The summed E-state index contributed by atoms with van der Waals surface area (Å²) in [5, 5.41) is 0.465. The SMILES string of the molecule is O=C(C1CC1c1ccccc1)N1CCN(Cc2ccc(F)cc2Cl)CC1. The molecule has 1 aliphatic heterocycles. The van der Waals surface area contributed by atoms with Crippen LogP contribution in [0.15, 0.2) is 48.5 Å². The number of carbonyl (C=O) groups excluding carboxylic acids is 1. The average molecular weight is 373 g/mol. The van der Waals surface area contributed by atoms with Gasteiger partial charge in [0, 0.05) is 43.7 Å². The van der Waals surface area contributed by atoms with E-state index >= 15 is 0 Å². The van der Waals surface area contributed by atoms with E-state index in [1.54, 1.807) is 6.07 Å². The highest BCUT2D eigenvalue weighted by Gasteiger charge is 2.45. The van der Waals surface area contributed by atoms with E-state index in [4.69, 9.17) is 11.6 Å². The van der Waals surface area contributed by atoms with E-state index < -0.39 is 0 Å². The van der Waals surface area contributed by atoms with E-state index in [9.17, 15) is 9.18 Å². The van der Waals surface area contributed by atoms with Gasteiger partial charge in [-0.05, 0) is 35.6 Å². The van der Waals surface area contributed by atoms with Gasteiger partial charge < -0.3 is 4.90 Å². The van der Waals surface area contributed by atoms with Crippen LogP contribution in [0.5, 0.6) is 0 Å². The van der Waals surface area contributed by atoms with Crippen LogP contribution in [0, 0.1) is 11.7 Å². The second-order valence-electron chi connectivity index (χ2n) is 7.20. The highest BCUT2D eigenvalue weighted by molar-refractivity contribution is 6.31. The molecule has 4 rings (SSSR count). The largest absolute Gasteiger partial charge is 0.340 e.